The van der Waals surface area contributed by atoms with Crippen LogP contribution in [-0.2, 0) is 11.2 Å². The van der Waals surface area contributed by atoms with E-state index in [9.17, 15) is 9.59 Å². The quantitative estimate of drug-likeness (QED) is 0.561. The Labute approximate surface area is 175 Å². The summed E-state index contributed by atoms with van der Waals surface area (Å²) in [5.41, 5.74) is 2.62. The predicted molar refractivity (Wildman–Crippen MR) is 115 cm³/mol. The molecule has 0 saturated heterocycles. The zero-order valence-corrected chi connectivity index (χ0v) is 17.0. The van der Waals surface area contributed by atoms with Crippen molar-refractivity contribution in [3.8, 4) is 5.75 Å². The topological polar surface area (TPSA) is 80.6 Å². The number of rotatable bonds is 8. The van der Waals surface area contributed by atoms with Crippen molar-refractivity contribution < 1.29 is 18.7 Å². The van der Waals surface area contributed by atoms with Crippen LogP contribution in [0.5, 0.6) is 5.75 Å². The van der Waals surface area contributed by atoms with Crippen molar-refractivity contribution in [2.45, 2.75) is 13.3 Å². The van der Waals surface area contributed by atoms with Gasteiger partial charge in [0.05, 0.1) is 13.4 Å². The average molecular weight is 404 g/mol. The van der Waals surface area contributed by atoms with Crippen molar-refractivity contribution in [1.82, 2.24) is 10.6 Å². The molecular weight excluding hydrogens is 380 g/mol. The molecule has 1 aromatic heterocycles. The second-order valence-corrected chi connectivity index (χ2v) is 6.75. The fourth-order valence-corrected chi connectivity index (χ4v) is 2.86. The number of hydrogen-bond acceptors (Lipinski definition) is 4. The Bertz CT molecular complexity index is 1020. The van der Waals surface area contributed by atoms with Gasteiger partial charge in [-0.2, -0.15) is 0 Å². The first kappa shape index (κ1) is 20.9. The van der Waals surface area contributed by atoms with Gasteiger partial charge < -0.3 is 19.8 Å². The smallest absolute Gasteiger partial charge is 0.267 e. The van der Waals surface area contributed by atoms with E-state index in [1.165, 1.54) is 12.3 Å². The minimum absolute atomic E-state index is 0.117. The molecule has 0 bridgehead atoms. The highest BCUT2D eigenvalue weighted by atomic mass is 16.5. The minimum Gasteiger partial charge on any atom is -0.497 e. The molecule has 2 N–H and O–H groups in total. The van der Waals surface area contributed by atoms with Gasteiger partial charge in [-0.3, -0.25) is 9.59 Å². The van der Waals surface area contributed by atoms with Crippen LogP contribution in [0.4, 0.5) is 0 Å². The Hall–Kier alpha value is -3.80. The van der Waals surface area contributed by atoms with Crippen molar-refractivity contribution in [1.29, 1.82) is 0 Å². The molecule has 3 rings (SSSR count). The highest BCUT2D eigenvalue weighted by molar-refractivity contribution is 6.05. The summed E-state index contributed by atoms with van der Waals surface area (Å²) in [6.07, 6.45) is 3.67. The SMILES string of the molecule is COc1ccc(CCNC(=O)/C(=C/c2ccco2)NC(=O)c2cccc(C)c2)cc1. The summed E-state index contributed by atoms with van der Waals surface area (Å²) >= 11 is 0. The number of benzene rings is 2. The number of hydrogen-bond donors (Lipinski definition) is 2. The lowest BCUT2D eigenvalue weighted by atomic mass is 10.1. The molecular formula is C24H24N2O4. The fourth-order valence-electron chi connectivity index (χ4n) is 2.86. The number of nitrogens with one attached hydrogen (secondary N) is 2. The van der Waals surface area contributed by atoms with E-state index in [2.05, 4.69) is 10.6 Å². The van der Waals surface area contributed by atoms with Crippen LogP contribution in [0.2, 0.25) is 0 Å². The summed E-state index contributed by atoms with van der Waals surface area (Å²) < 4.78 is 10.4. The van der Waals surface area contributed by atoms with E-state index >= 15 is 0 Å². The summed E-state index contributed by atoms with van der Waals surface area (Å²) in [5.74, 6) is 0.507. The molecule has 0 aliphatic heterocycles. The summed E-state index contributed by atoms with van der Waals surface area (Å²) in [4.78, 5) is 25.4. The maximum atomic E-state index is 12.7. The van der Waals surface area contributed by atoms with Crippen molar-refractivity contribution >= 4 is 17.9 Å². The summed E-state index contributed by atoms with van der Waals surface area (Å²) in [5, 5.41) is 5.54. The summed E-state index contributed by atoms with van der Waals surface area (Å²) in [7, 11) is 1.62. The molecule has 0 unspecified atom stereocenters. The number of methoxy groups -OCH3 is 1. The van der Waals surface area contributed by atoms with Crippen LogP contribution in [0.25, 0.3) is 6.08 Å². The Balaban J connectivity index is 1.67. The molecule has 2 amide bonds. The van der Waals surface area contributed by atoms with E-state index in [4.69, 9.17) is 9.15 Å². The summed E-state index contributed by atoms with van der Waals surface area (Å²) in [6.45, 7) is 2.32. The standard InChI is InChI=1S/C24H24N2O4/c1-17-5-3-6-19(15-17)23(27)26-22(16-21-7-4-14-30-21)24(28)25-13-12-18-8-10-20(29-2)11-9-18/h3-11,14-16H,12-13H2,1-2H3,(H,25,28)(H,26,27)/b22-16-. The number of amides is 2. The highest BCUT2D eigenvalue weighted by Gasteiger charge is 2.15. The lowest BCUT2D eigenvalue weighted by Gasteiger charge is -2.11. The van der Waals surface area contributed by atoms with Gasteiger partial charge in [-0.25, -0.2) is 0 Å². The first-order valence-corrected chi connectivity index (χ1v) is 9.59. The van der Waals surface area contributed by atoms with E-state index in [1.807, 2.05) is 37.3 Å². The lowest BCUT2D eigenvalue weighted by molar-refractivity contribution is -0.117. The molecule has 0 atom stereocenters. The van der Waals surface area contributed by atoms with Gasteiger partial charge in [-0.05, 0) is 55.3 Å². The maximum absolute atomic E-state index is 12.7. The van der Waals surface area contributed by atoms with Crippen LogP contribution < -0.4 is 15.4 Å². The maximum Gasteiger partial charge on any atom is 0.267 e. The molecule has 1 heterocycles. The van der Waals surface area contributed by atoms with Crippen molar-refractivity contribution in [3.63, 3.8) is 0 Å². The third-order valence-electron chi connectivity index (χ3n) is 4.46. The van der Waals surface area contributed by atoms with Crippen molar-refractivity contribution in [2.75, 3.05) is 13.7 Å². The van der Waals surface area contributed by atoms with E-state index < -0.39 is 0 Å². The third-order valence-corrected chi connectivity index (χ3v) is 4.46. The molecule has 0 spiro atoms. The Morgan fingerprint density at radius 1 is 1.07 bits per heavy atom. The van der Waals surface area contributed by atoms with Gasteiger partial charge in [0.25, 0.3) is 11.8 Å². The molecule has 30 heavy (non-hydrogen) atoms. The van der Waals surface area contributed by atoms with Gasteiger partial charge in [0.15, 0.2) is 0 Å². The van der Waals surface area contributed by atoms with Gasteiger partial charge in [0.1, 0.15) is 17.2 Å². The number of ether oxygens (including phenoxy) is 1. The highest BCUT2D eigenvalue weighted by Crippen LogP contribution is 2.12. The zero-order valence-electron chi connectivity index (χ0n) is 17.0. The predicted octanol–water partition coefficient (Wildman–Crippen LogP) is 3.73. The molecule has 6 nitrogen and oxygen atoms in total. The van der Waals surface area contributed by atoms with Crippen LogP contribution >= 0.6 is 0 Å². The Morgan fingerprint density at radius 2 is 1.87 bits per heavy atom. The molecule has 0 saturated carbocycles. The summed E-state index contributed by atoms with van der Waals surface area (Å²) in [6, 6.07) is 18.3. The first-order valence-electron chi connectivity index (χ1n) is 9.59. The van der Waals surface area contributed by atoms with Gasteiger partial charge >= 0.3 is 0 Å². The van der Waals surface area contributed by atoms with E-state index in [0.717, 1.165) is 16.9 Å². The van der Waals surface area contributed by atoms with Gasteiger partial charge in [0.2, 0.25) is 0 Å². The lowest BCUT2D eigenvalue weighted by Crippen LogP contribution is -2.35. The zero-order chi connectivity index (χ0) is 21.3. The second kappa shape index (κ2) is 10.1. The fraction of sp³-hybridized carbons (Fsp3) is 0.167. The molecule has 2 aromatic carbocycles. The monoisotopic (exact) mass is 404 g/mol. The largest absolute Gasteiger partial charge is 0.497 e. The minimum atomic E-state index is -0.388. The van der Waals surface area contributed by atoms with Crippen LogP contribution in [0, 0.1) is 6.92 Å². The molecule has 154 valence electrons. The number of aryl methyl sites for hydroxylation is 1. The Kier molecular flexibility index (Phi) is 7.05. The van der Waals surface area contributed by atoms with Gasteiger partial charge in [-0.1, -0.05) is 29.8 Å². The second-order valence-electron chi connectivity index (χ2n) is 6.75. The molecule has 6 heteroatoms. The van der Waals surface area contributed by atoms with Crippen LogP contribution in [0.3, 0.4) is 0 Å². The van der Waals surface area contributed by atoms with Gasteiger partial charge in [-0.15, -0.1) is 0 Å². The van der Waals surface area contributed by atoms with Crippen LogP contribution in [-0.4, -0.2) is 25.5 Å². The van der Waals surface area contributed by atoms with E-state index in [-0.39, 0.29) is 17.5 Å². The molecule has 0 fully saturated rings. The third kappa shape index (κ3) is 5.85. The van der Waals surface area contributed by atoms with Crippen LogP contribution in [0.1, 0.15) is 27.2 Å². The van der Waals surface area contributed by atoms with Crippen molar-refractivity contribution in [2.24, 2.45) is 0 Å². The van der Waals surface area contributed by atoms with E-state index in [0.29, 0.717) is 24.3 Å². The molecule has 0 aliphatic rings. The number of carbonyl (C=O) groups is 2. The molecule has 3 aromatic rings. The average Bonchev–Trinajstić information content (AvgIpc) is 3.27. The van der Waals surface area contributed by atoms with Gasteiger partial charge in [0, 0.05) is 18.2 Å². The Morgan fingerprint density at radius 3 is 2.53 bits per heavy atom. The number of furan rings is 1. The van der Waals surface area contributed by atoms with E-state index in [1.54, 1.807) is 37.4 Å². The molecule has 0 radical (unpaired) electrons. The van der Waals surface area contributed by atoms with Crippen molar-refractivity contribution in [3.05, 3.63) is 95.1 Å². The van der Waals surface area contributed by atoms with Crippen LogP contribution in [0.15, 0.2) is 77.0 Å². The normalized spacial score (nSPS) is 11.1. The first-order chi connectivity index (χ1) is 14.5. The number of carbonyl (C=O) groups excluding carboxylic acids is 2. The molecule has 0 aliphatic carbocycles.